The molecule has 9 nitrogen and oxygen atoms in total. The van der Waals surface area contributed by atoms with E-state index in [0.29, 0.717) is 49.2 Å². The first kappa shape index (κ1) is 28.7. The summed E-state index contributed by atoms with van der Waals surface area (Å²) < 4.78 is 29.4. The zero-order valence-corrected chi connectivity index (χ0v) is 24.7. The standard InChI is InChI=1S/C32H30N2O7S/c1-6-41-31(36)26-27(20-11-8-7-9-12-20)33-32-34(28(26)21-13-10-14-22(18-21)37-2)30(35)25(42-32)17-19-15-23(38-3)29(40-5)24(16-19)39-4/h7-18,28H,6H2,1-5H3/b25-17+/t28-/m0/s1. The first-order valence-corrected chi connectivity index (χ1v) is 14.0. The Morgan fingerprint density at radius 3 is 2.26 bits per heavy atom. The number of carbonyl (C=O) groups is 1. The van der Waals surface area contributed by atoms with E-state index in [2.05, 4.69) is 0 Å². The van der Waals surface area contributed by atoms with Crippen LogP contribution in [0, 0.1) is 0 Å². The molecule has 0 saturated carbocycles. The number of methoxy groups -OCH3 is 4. The molecule has 216 valence electrons. The predicted octanol–water partition coefficient (Wildman–Crippen LogP) is 3.97. The van der Waals surface area contributed by atoms with Crippen molar-refractivity contribution in [2.75, 3.05) is 35.0 Å². The van der Waals surface area contributed by atoms with Crippen LogP contribution in [0.3, 0.4) is 0 Å². The number of carbonyl (C=O) groups excluding carboxylic acids is 1. The van der Waals surface area contributed by atoms with Gasteiger partial charge >= 0.3 is 5.97 Å². The molecule has 0 aliphatic carbocycles. The molecule has 1 aromatic heterocycles. The number of esters is 1. The summed E-state index contributed by atoms with van der Waals surface area (Å²) in [5.74, 6) is 1.41. The van der Waals surface area contributed by atoms with Crippen LogP contribution in [0.15, 0.2) is 82.1 Å². The second kappa shape index (κ2) is 12.4. The van der Waals surface area contributed by atoms with Crippen LogP contribution in [-0.2, 0) is 9.53 Å². The highest BCUT2D eigenvalue weighted by atomic mass is 32.1. The summed E-state index contributed by atoms with van der Waals surface area (Å²) in [6.07, 6.45) is 1.74. The molecule has 0 unspecified atom stereocenters. The minimum Gasteiger partial charge on any atom is -0.497 e. The van der Waals surface area contributed by atoms with Crippen LogP contribution >= 0.6 is 11.3 Å². The van der Waals surface area contributed by atoms with Gasteiger partial charge in [-0.25, -0.2) is 9.79 Å². The topological polar surface area (TPSA) is 97.6 Å². The molecule has 0 fully saturated rings. The molecule has 0 N–H and O–H groups in total. The van der Waals surface area contributed by atoms with E-state index in [9.17, 15) is 9.59 Å². The van der Waals surface area contributed by atoms with Gasteiger partial charge in [0.15, 0.2) is 16.3 Å². The molecule has 0 saturated heterocycles. The minimum absolute atomic E-state index is 0.167. The second-order valence-corrected chi connectivity index (χ2v) is 10.2. The van der Waals surface area contributed by atoms with Gasteiger partial charge in [0.2, 0.25) is 5.75 Å². The molecule has 2 heterocycles. The van der Waals surface area contributed by atoms with Crippen LogP contribution in [-0.4, -0.2) is 45.6 Å². The number of benzene rings is 3. The van der Waals surface area contributed by atoms with Gasteiger partial charge in [0.05, 0.1) is 56.9 Å². The van der Waals surface area contributed by atoms with Crippen LogP contribution in [0.1, 0.15) is 29.7 Å². The van der Waals surface area contributed by atoms with Crippen molar-refractivity contribution in [1.29, 1.82) is 0 Å². The van der Waals surface area contributed by atoms with Gasteiger partial charge in [-0.15, -0.1) is 0 Å². The Bertz CT molecular complexity index is 1820. The van der Waals surface area contributed by atoms with Crippen molar-refractivity contribution in [2.45, 2.75) is 13.0 Å². The van der Waals surface area contributed by atoms with E-state index in [-0.39, 0.29) is 17.7 Å². The summed E-state index contributed by atoms with van der Waals surface area (Å²) in [6, 6.07) is 19.4. The van der Waals surface area contributed by atoms with E-state index in [1.807, 2.05) is 54.6 Å². The number of hydrogen-bond acceptors (Lipinski definition) is 9. The van der Waals surface area contributed by atoms with Crippen molar-refractivity contribution >= 4 is 29.1 Å². The van der Waals surface area contributed by atoms with Crippen LogP contribution in [0.25, 0.3) is 11.8 Å². The quantitative estimate of drug-likeness (QED) is 0.274. The highest BCUT2D eigenvalue weighted by molar-refractivity contribution is 7.07. The lowest BCUT2D eigenvalue weighted by atomic mass is 9.93. The maximum atomic E-state index is 14.1. The highest BCUT2D eigenvalue weighted by Gasteiger charge is 2.35. The summed E-state index contributed by atoms with van der Waals surface area (Å²) >= 11 is 1.23. The lowest BCUT2D eigenvalue weighted by Gasteiger charge is -2.26. The van der Waals surface area contributed by atoms with Crippen LogP contribution in [0.2, 0.25) is 0 Å². The van der Waals surface area contributed by atoms with Crippen molar-refractivity contribution in [2.24, 2.45) is 4.99 Å². The molecule has 5 rings (SSSR count). The molecule has 0 bridgehead atoms. The number of ether oxygens (including phenoxy) is 5. The Balaban J connectivity index is 1.82. The molecule has 0 radical (unpaired) electrons. The molecular formula is C32H30N2O7S. The Labute approximate surface area is 246 Å². The maximum absolute atomic E-state index is 14.1. The summed E-state index contributed by atoms with van der Waals surface area (Å²) in [6.45, 7) is 1.91. The van der Waals surface area contributed by atoms with Crippen LogP contribution in [0.4, 0.5) is 0 Å². The van der Waals surface area contributed by atoms with E-state index in [0.717, 1.165) is 5.56 Å². The Kier molecular flexibility index (Phi) is 8.44. The van der Waals surface area contributed by atoms with E-state index < -0.39 is 12.0 Å². The number of rotatable bonds is 9. The fourth-order valence-corrected chi connectivity index (χ4v) is 5.90. The van der Waals surface area contributed by atoms with Gasteiger partial charge in [-0.1, -0.05) is 53.8 Å². The zero-order valence-electron chi connectivity index (χ0n) is 23.9. The minimum atomic E-state index is -0.812. The van der Waals surface area contributed by atoms with E-state index in [4.69, 9.17) is 28.7 Å². The second-order valence-electron chi connectivity index (χ2n) is 9.17. The van der Waals surface area contributed by atoms with Gasteiger partial charge < -0.3 is 23.7 Å². The number of nitrogens with zero attached hydrogens (tertiary/aromatic N) is 2. The van der Waals surface area contributed by atoms with Gasteiger partial charge in [0.1, 0.15) is 5.75 Å². The fourth-order valence-electron chi connectivity index (χ4n) is 4.90. The average Bonchev–Trinajstić information content (AvgIpc) is 3.34. The molecule has 1 atom stereocenters. The van der Waals surface area contributed by atoms with Crippen LogP contribution < -0.4 is 33.8 Å². The third-order valence-corrected chi connectivity index (χ3v) is 7.75. The van der Waals surface area contributed by atoms with Crippen molar-refractivity contribution in [3.63, 3.8) is 0 Å². The molecule has 1 aliphatic heterocycles. The van der Waals surface area contributed by atoms with Gasteiger partial charge in [-0.3, -0.25) is 9.36 Å². The van der Waals surface area contributed by atoms with E-state index in [1.54, 1.807) is 36.8 Å². The third kappa shape index (κ3) is 5.28. The monoisotopic (exact) mass is 586 g/mol. The first-order chi connectivity index (χ1) is 20.4. The summed E-state index contributed by atoms with van der Waals surface area (Å²) in [5, 5.41) is 0. The van der Waals surface area contributed by atoms with Crippen molar-refractivity contribution in [3.8, 4) is 23.0 Å². The Morgan fingerprint density at radius 1 is 0.929 bits per heavy atom. The number of fused-ring (bicyclic) bond motifs is 1. The summed E-state index contributed by atoms with van der Waals surface area (Å²) in [7, 11) is 6.16. The molecule has 10 heteroatoms. The van der Waals surface area contributed by atoms with Crippen molar-refractivity contribution < 1.29 is 28.5 Å². The van der Waals surface area contributed by atoms with Gasteiger partial charge in [-0.05, 0) is 48.4 Å². The average molecular weight is 587 g/mol. The molecule has 42 heavy (non-hydrogen) atoms. The molecule has 1 aliphatic rings. The third-order valence-electron chi connectivity index (χ3n) is 6.77. The van der Waals surface area contributed by atoms with E-state index >= 15 is 0 Å². The maximum Gasteiger partial charge on any atom is 0.338 e. The summed E-state index contributed by atoms with van der Waals surface area (Å²) in [5.41, 5.74) is 2.48. The lowest BCUT2D eigenvalue weighted by Crippen LogP contribution is -2.40. The number of aromatic nitrogens is 1. The molecule has 0 amide bonds. The molecule has 4 aromatic rings. The van der Waals surface area contributed by atoms with Gasteiger partial charge in [0, 0.05) is 5.56 Å². The van der Waals surface area contributed by atoms with Crippen molar-refractivity contribution in [3.05, 3.63) is 109 Å². The molecule has 3 aromatic carbocycles. The van der Waals surface area contributed by atoms with Gasteiger partial charge in [-0.2, -0.15) is 0 Å². The number of hydrogen-bond donors (Lipinski definition) is 0. The molecular weight excluding hydrogens is 556 g/mol. The Morgan fingerprint density at radius 2 is 1.64 bits per heavy atom. The normalized spacial score (nSPS) is 14.6. The molecule has 0 spiro atoms. The van der Waals surface area contributed by atoms with Crippen molar-refractivity contribution in [1.82, 2.24) is 4.57 Å². The lowest BCUT2D eigenvalue weighted by molar-refractivity contribution is -0.138. The SMILES string of the molecule is CCOC(=O)C1=C(c2ccccc2)N=c2s/c(=C/c3cc(OC)c(OC)c(OC)c3)c(=O)n2[C@H]1c1cccc(OC)c1. The highest BCUT2D eigenvalue weighted by Crippen LogP contribution is 2.39. The largest absolute Gasteiger partial charge is 0.497 e. The predicted molar refractivity (Wildman–Crippen MR) is 160 cm³/mol. The van der Waals surface area contributed by atoms with Gasteiger partial charge in [0.25, 0.3) is 5.56 Å². The smallest absolute Gasteiger partial charge is 0.338 e. The summed E-state index contributed by atoms with van der Waals surface area (Å²) in [4.78, 5) is 33.1. The zero-order chi connectivity index (χ0) is 29.8. The first-order valence-electron chi connectivity index (χ1n) is 13.2. The number of thiazole rings is 1. The fraction of sp³-hybridized carbons (Fsp3) is 0.219. The van der Waals surface area contributed by atoms with E-state index in [1.165, 1.54) is 32.7 Å². The Hall–Kier alpha value is -4.83. The van der Waals surface area contributed by atoms with Crippen LogP contribution in [0.5, 0.6) is 23.0 Å².